The van der Waals surface area contributed by atoms with Crippen molar-refractivity contribution in [2.24, 2.45) is 5.73 Å². The molecular formula is C21H29N5O7. The first kappa shape index (κ1) is 25.6. The number of nitrogens with one attached hydrogen (secondary N) is 4. The zero-order valence-corrected chi connectivity index (χ0v) is 18.2. The number of phenols is 1. The summed E-state index contributed by atoms with van der Waals surface area (Å²) < 4.78 is 0. The molecule has 33 heavy (non-hydrogen) atoms. The summed E-state index contributed by atoms with van der Waals surface area (Å²) in [4.78, 5) is 60.5. The molecule has 0 aliphatic carbocycles. The minimum atomic E-state index is -1.43. The van der Waals surface area contributed by atoms with Gasteiger partial charge in [-0.15, -0.1) is 0 Å². The molecular weight excluding hydrogens is 434 g/mol. The van der Waals surface area contributed by atoms with Crippen molar-refractivity contribution in [1.82, 2.24) is 21.3 Å². The molecule has 180 valence electrons. The topological polar surface area (TPSA) is 200 Å². The smallest absolute Gasteiger partial charge is 0.326 e. The van der Waals surface area contributed by atoms with Crippen molar-refractivity contribution in [3.8, 4) is 5.75 Å². The number of hydrogen-bond donors (Lipinski definition) is 7. The van der Waals surface area contributed by atoms with Crippen LogP contribution in [0, 0.1) is 0 Å². The van der Waals surface area contributed by atoms with Crippen molar-refractivity contribution >= 4 is 29.6 Å². The Morgan fingerprint density at radius 1 is 1.06 bits per heavy atom. The lowest BCUT2D eigenvalue weighted by Crippen LogP contribution is -2.57. The predicted octanol–water partition coefficient (Wildman–Crippen LogP) is -1.88. The van der Waals surface area contributed by atoms with E-state index < -0.39 is 54.3 Å². The molecule has 0 spiro atoms. The summed E-state index contributed by atoms with van der Waals surface area (Å²) in [5.74, 6) is -4.20. The Hall–Kier alpha value is -3.67. The van der Waals surface area contributed by atoms with Crippen LogP contribution in [0.5, 0.6) is 5.75 Å². The number of benzene rings is 1. The lowest BCUT2D eigenvalue weighted by molar-refractivity contribution is -0.142. The molecule has 4 atom stereocenters. The Labute approximate surface area is 190 Å². The van der Waals surface area contributed by atoms with Crippen LogP contribution in [0.2, 0.25) is 0 Å². The van der Waals surface area contributed by atoms with E-state index in [0.717, 1.165) is 6.42 Å². The van der Waals surface area contributed by atoms with Crippen molar-refractivity contribution < 1.29 is 34.2 Å². The molecule has 0 radical (unpaired) electrons. The summed E-state index contributed by atoms with van der Waals surface area (Å²) in [5.41, 5.74) is 5.72. The highest BCUT2D eigenvalue weighted by molar-refractivity contribution is 5.96. The van der Waals surface area contributed by atoms with Gasteiger partial charge in [0.25, 0.3) is 0 Å². The highest BCUT2D eigenvalue weighted by Gasteiger charge is 2.30. The standard InChI is InChI=1S/C21H29N5O7/c1-11(24-19(30)14-3-2-8-23-14)18(29)25-15(10-17(22)28)20(31)26-16(21(32)33)9-12-4-6-13(27)7-5-12/h4-7,11,14-16,23,27H,2-3,8-10H2,1H3,(H2,22,28)(H,24,30)(H,25,29)(H,26,31)(H,32,33). The van der Waals surface area contributed by atoms with E-state index in [0.29, 0.717) is 18.5 Å². The van der Waals surface area contributed by atoms with Crippen molar-refractivity contribution in [2.75, 3.05) is 6.54 Å². The predicted molar refractivity (Wildman–Crippen MR) is 116 cm³/mol. The van der Waals surface area contributed by atoms with Gasteiger partial charge in [-0.05, 0) is 44.0 Å². The van der Waals surface area contributed by atoms with Gasteiger partial charge < -0.3 is 37.2 Å². The fraction of sp³-hybridized carbons (Fsp3) is 0.476. The van der Waals surface area contributed by atoms with Crippen LogP contribution in [-0.4, -0.2) is 70.5 Å². The van der Waals surface area contributed by atoms with Crippen LogP contribution < -0.4 is 27.0 Å². The second-order valence-corrected chi connectivity index (χ2v) is 7.88. The molecule has 8 N–H and O–H groups in total. The number of carboxylic acids is 1. The second kappa shape index (κ2) is 11.8. The van der Waals surface area contributed by atoms with Crippen molar-refractivity contribution in [2.45, 2.75) is 56.8 Å². The van der Waals surface area contributed by atoms with Crippen LogP contribution in [0.25, 0.3) is 0 Å². The number of nitrogens with two attached hydrogens (primary N) is 1. The molecule has 12 nitrogen and oxygen atoms in total. The zero-order valence-electron chi connectivity index (χ0n) is 18.2. The molecule has 1 fully saturated rings. The normalized spacial score (nSPS) is 17.9. The number of aliphatic carboxylic acids is 1. The molecule has 1 aromatic carbocycles. The largest absolute Gasteiger partial charge is 0.508 e. The minimum absolute atomic E-state index is 0.00354. The summed E-state index contributed by atoms with van der Waals surface area (Å²) >= 11 is 0. The molecule has 0 aromatic heterocycles. The summed E-state index contributed by atoms with van der Waals surface area (Å²) in [6, 6.07) is 1.57. The minimum Gasteiger partial charge on any atom is -0.508 e. The van der Waals surface area contributed by atoms with E-state index in [1.165, 1.54) is 31.2 Å². The van der Waals surface area contributed by atoms with Gasteiger partial charge in [0, 0.05) is 6.42 Å². The summed E-state index contributed by atoms with van der Waals surface area (Å²) in [5, 5.41) is 29.0. The fourth-order valence-electron chi connectivity index (χ4n) is 3.34. The molecule has 1 saturated heterocycles. The maximum atomic E-state index is 12.7. The first-order valence-corrected chi connectivity index (χ1v) is 10.5. The van der Waals surface area contributed by atoms with Gasteiger partial charge in [-0.1, -0.05) is 12.1 Å². The fourth-order valence-corrected chi connectivity index (χ4v) is 3.34. The van der Waals surface area contributed by atoms with E-state index in [9.17, 15) is 34.2 Å². The SMILES string of the molecule is CC(NC(=O)C1CCCN1)C(=O)NC(CC(N)=O)C(=O)NC(Cc1ccc(O)cc1)C(=O)O. The van der Waals surface area contributed by atoms with Gasteiger partial charge in [-0.2, -0.15) is 0 Å². The number of carboxylic acid groups (broad SMARTS) is 1. The molecule has 4 amide bonds. The lowest BCUT2D eigenvalue weighted by Gasteiger charge is -2.23. The Bertz CT molecular complexity index is 883. The Morgan fingerprint density at radius 3 is 2.24 bits per heavy atom. The third kappa shape index (κ3) is 8.07. The number of amides is 4. The maximum Gasteiger partial charge on any atom is 0.326 e. The third-order valence-electron chi connectivity index (χ3n) is 5.16. The highest BCUT2D eigenvalue weighted by Crippen LogP contribution is 2.12. The van der Waals surface area contributed by atoms with Gasteiger partial charge in [-0.3, -0.25) is 19.2 Å². The number of carbonyl (C=O) groups excluding carboxylic acids is 4. The Kier molecular flexibility index (Phi) is 9.16. The first-order chi connectivity index (χ1) is 15.6. The van der Waals surface area contributed by atoms with Crippen molar-refractivity contribution in [3.05, 3.63) is 29.8 Å². The summed E-state index contributed by atoms with van der Waals surface area (Å²) in [6.45, 7) is 2.13. The van der Waals surface area contributed by atoms with Crippen LogP contribution in [0.4, 0.5) is 0 Å². The molecule has 0 saturated carbocycles. The van der Waals surface area contributed by atoms with E-state index in [2.05, 4.69) is 21.3 Å². The van der Waals surface area contributed by atoms with E-state index >= 15 is 0 Å². The molecule has 1 aliphatic heterocycles. The maximum absolute atomic E-state index is 12.7. The lowest BCUT2D eigenvalue weighted by atomic mass is 10.0. The van der Waals surface area contributed by atoms with Crippen molar-refractivity contribution in [3.63, 3.8) is 0 Å². The average Bonchev–Trinajstić information content (AvgIpc) is 3.28. The van der Waals surface area contributed by atoms with Crippen LogP contribution in [-0.2, 0) is 30.4 Å². The van der Waals surface area contributed by atoms with E-state index in [4.69, 9.17) is 5.73 Å². The van der Waals surface area contributed by atoms with Gasteiger partial charge in [0.05, 0.1) is 12.5 Å². The van der Waals surface area contributed by atoms with Gasteiger partial charge in [0.15, 0.2) is 0 Å². The first-order valence-electron chi connectivity index (χ1n) is 10.5. The van der Waals surface area contributed by atoms with Crippen molar-refractivity contribution in [1.29, 1.82) is 0 Å². The summed E-state index contributed by atoms with van der Waals surface area (Å²) in [7, 11) is 0. The second-order valence-electron chi connectivity index (χ2n) is 7.88. The van der Waals surface area contributed by atoms with E-state index in [1.54, 1.807) is 0 Å². The quantitative estimate of drug-likeness (QED) is 0.198. The molecule has 1 aromatic rings. The molecule has 1 heterocycles. The Morgan fingerprint density at radius 2 is 1.70 bits per heavy atom. The van der Waals surface area contributed by atoms with Gasteiger partial charge in [-0.25, -0.2) is 4.79 Å². The van der Waals surface area contributed by atoms with Crippen LogP contribution in [0.15, 0.2) is 24.3 Å². The third-order valence-corrected chi connectivity index (χ3v) is 5.16. The monoisotopic (exact) mass is 463 g/mol. The number of aromatic hydroxyl groups is 1. The molecule has 2 rings (SSSR count). The zero-order chi connectivity index (χ0) is 24.5. The number of primary amides is 1. The molecule has 0 bridgehead atoms. The number of phenolic OH excluding ortho intramolecular Hbond substituents is 1. The molecule has 4 unspecified atom stereocenters. The van der Waals surface area contributed by atoms with Crippen LogP contribution in [0.3, 0.4) is 0 Å². The van der Waals surface area contributed by atoms with Gasteiger partial charge in [0.2, 0.25) is 23.6 Å². The van der Waals surface area contributed by atoms with Crippen LogP contribution in [0.1, 0.15) is 31.7 Å². The molecule has 12 heteroatoms. The highest BCUT2D eigenvalue weighted by atomic mass is 16.4. The average molecular weight is 463 g/mol. The number of rotatable bonds is 11. The van der Waals surface area contributed by atoms with E-state index in [-0.39, 0.29) is 18.1 Å². The number of hydrogen-bond acceptors (Lipinski definition) is 7. The summed E-state index contributed by atoms with van der Waals surface area (Å²) in [6.07, 6.45) is 0.826. The van der Waals surface area contributed by atoms with Crippen LogP contribution >= 0.6 is 0 Å². The van der Waals surface area contributed by atoms with Gasteiger partial charge >= 0.3 is 5.97 Å². The Balaban J connectivity index is 2.01. The molecule has 1 aliphatic rings. The van der Waals surface area contributed by atoms with E-state index in [1.807, 2.05) is 0 Å². The number of carbonyl (C=O) groups is 5. The van der Waals surface area contributed by atoms with Gasteiger partial charge in [0.1, 0.15) is 23.9 Å².